The van der Waals surface area contributed by atoms with Crippen LogP contribution in [0.15, 0.2) is 18.2 Å². The number of thioether (sulfide) groups is 1. The maximum absolute atomic E-state index is 5.87. The minimum atomic E-state index is 0.215. The number of nitrogens with zero attached hydrogens (tertiary/aromatic N) is 4. The fourth-order valence-corrected chi connectivity index (χ4v) is 4.03. The normalized spacial score (nSPS) is 14.3. The Bertz CT molecular complexity index is 789. The largest absolute Gasteiger partial charge is 0.368 e. The van der Waals surface area contributed by atoms with Crippen LogP contribution in [0.3, 0.4) is 0 Å². The first-order valence-electron chi connectivity index (χ1n) is 8.77. The highest BCUT2D eigenvalue weighted by atomic mass is 32.2. The van der Waals surface area contributed by atoms with Gasteiger partial charge in [0, 0.05) is 18.8 Å². The fraction of sp³-hybridized carbons (Fsp3) is 0.444. The number of thiocarbonyl (C=S) groups is 1. The molecule has 3 N–H and O–H groups in total. The molecule has 1 aliphatic heterocycles. The van der Waals surface area contributed by atoms with Gasteiger partial charge in [0.2, 0.25) is 11.9 Å². The third-order valence-electron chi connectivity index (χ3n) is 4.27. The summed E-state index contributed by atoms with van der Waals surface area (Å²) in [7, 11) is 0. The Labute approximate surface area is 164 Å². The Morgan fingerprint density at radius 2 is 1.96 bits per heavy atom. The van der Waals surface area contributed by atoms with Gasteiger partial charge in [0.15, 0.2) is 0 Å². The molecule has 0 spiro atoms. The van der Waals surface area contributed by atoms with Crippen molar-refractivity contribution >= 4 is 45.9 Å². The molecule has 2 heterocycles. The Hall–Kier alpha value is -1.93. The first-order valence-corrected chi connectivity index (χ1v) is 10.2. The van der Waals surface area contributed by atoms with Gasteiger partial charge in [0.25, 0.3) is 0 Å². The van der Waals surface area contributed by atoms with Crippen LogP contribution in [0, 0.1) is 13.8 Å². The predicted molar refractivity (Wildman–Crippen MR) is 113 cm³/mol. The van der Waals surface area contributed by atoms with Gasteiger partial charge in [0.1, 0.15) is 10.1 Å². The zero-order chi connectivity index (χ0) is 18.5. The van der Waals surface area contributed by atoms with E-state index in [4.69, 9.17) is 18.0 Å². The molecule has 0 aliphatic carbocycles. The molecule has 0 amide bonds. The lowest BCUT2D eigenvalue weighted by Gasteiger charge is -2.28. The standard InChI is InChI=1S/C18H24N6S2/c1-12-6-7-14(13(2)10-12)20-17-22-15(21-16(19)23-17)11-26-18(25)24-8-4-3-5-9-24/h6-7,10H,3-5,8-9,11H2,1-2H3,(H3,19,20,21,22,23). The van der Waals surface area contributed by atoms with Gasteiger partial charge in [-0.05, 0) is 44.7 Å². The number of rotatable bonds is 4. The van der Waals surface area contributed by atoms with E-state index >= 15 is 0 Å². The summed E-state index contributed by atoms with van der Waals surface area (Å²) >= 11 is 7.13. The Balaban J connectivity index is 1.66. The maximum Gasteiger partial charge on any atom is 0.232 e. The lowest BCUT2D eigenvalue weighted by atomic mass is 10.1. The summed E-state index contributed by atoms with van der Waals surface area (Å²) < 4.78 is 0.910. The van der Waals surface area contributed by atoms with E-state index in [9.17, 15) is 0 Å². The molecule has 1 aromatic carbocycles. The summed E-state index contributed by atoms with van der Waals surface area (Å²) in [5.41, 5.74) is 9.18. The Kier molecular flexibility index (Phi) is 6.26. The summed E-state index contributed by atoms with van der Waals surface area (Å²) in [6.07, 6.45) is 3.72. The highest BCUT2D eigenvalue weighted by Gasteiger charge is 2.15. The van der Waals surface area contributed by atoms with E-state index in [1.807, 2.05) is 19.1 Å². The predicted octanol–water partition coefficient (Wildman–Crippen LogP) is 3.82. The summed E-state index contributed by atoms with van der Waals surface area (Å²) in [4.78, 5) is 15.2. The molecule has 26 heavy (non-hydrogen) atoms. The van der Waals surface area contributed by atoms with Crippen LogP contribution >= 0.6 is 24.0 Å². The van der Waals surface area contributed by atoms with Crippen molar-refractivity contribution in [1.29, 1.82) is 0 Å². The van der Waals surface area contributed by atoms with Crippen LogP contribution in [0.1, 0.15) is 36.2 Å². The van der Waals surface area contributed by atoms with Crippen LogP contribution in [-0.2, 0) is 5.75 Å². The quantitative estimate of drug-likeness (QED) is 0.765. The van der Waals surface area contributed by atoms with E-state index in [1.54, 1.807) is 11.8 Å². The van der Waals surface area contributed by atoms with Crippen molar-refractivity contribution in [1.82, 2.24) is 19.9 Å². The van der Waals surface area contributed by atoms with Crippen molar-refractivity contribution in [3.63, 3.8) is 0 Å². The molecule has 2 aromatic rings. The summed E-state index contributed by atoms with van der Waals surface area (Å²) in [6.45, 7) is 6.21. The zero-order valence-corrected chi connectivity index (χ0v) is 16.8. The van der Waals surface area contributed by atoms with E-state index in [-0.39, 0.29) is 5.95 Å². The molecule has 3 rings (SSSR count). The zero-order valence-electron chi connectivity index (χ0n) is 15.2. The first-order chi connectivity index (χ1) is 12.5. The summed E-state index contributed by atoms with van der Waals surface area (Å²) in [6, 6.07) is 6.18. The van der Waals surface area contributed by atoms with Crippen molar-refractivity contribution in [3.05, 3.63) is 35.2 Å². The molecular formula is C18H24N6S2. The number of hydrogen-bond acceptors (Lipinski definition) is 7. The van der Waals surface area contributed by atoms with Gasteiger partial charge in [-0.1, -0.05) is 41.7 Å². The molecule has 0 bridgehead atoms. The van der Waals surface area contributed by atoms with Crippen LogP contribution in [0.5, 0.6) is 0 Å². The van der Waals surface area contributed by atoms with Crippen molar-refractivity contribution in [3.8, 4) is 0 Å². The number of hydrogen-bond donors (Lipinski definition) is 2. The molecule has 1 saturated heterocycles. The lowest BCUT2D eigenvalue weighted by Crippen LogP contribution is -2.32. The average Bonchev–Trinajstić information content (AvgIpc) is 2.62. The number of likely N-dealkylation sites (tertiary alicyclic amines) is 1. The van der Waals surface area contributed by atoms with Gasteiger partial charge < -0.3 is 16.0 Å². The third kappa shape index (κ3) is 5.04. The van der Waals surface area contributed by atoms with Crippen LogP contribution in [-0.4, -0.2) is 37.3 Å². The second-order valence-corrected chi connectivity index (χ2v) is 8.09. The van der Waals surface area contributed by atoms with Gasteiger partial charge in [-0.25, -0.2) is 0 Å². The SMILES string of the molecule is Cc1ccc(Nc2nc(N)nc(CSC(=S)N3CCCCC3)n2)c(C)c1. The van der Waals surface area contributed by atoms with Crippen LogP contribution in [0.25, 0.3) is 0 Å². The monoisotopic (exact) mass is 388 g/mol. The van der Waals surface area contributed by atoms with Gasteiger partial charge in [-0.2, -0.15) is 15.0 Å². The van der Waals surface area contributed by atoms with Gasteiger partial charge in [-0.3, -0.25) is 0 Å². The van der Waals surface area contributed by atoms with E-state index in [1.165, 1.54) is 24.8 Å². The minimum Gasteiger partial charge on any atom is -0.368 e. The first kappa shape index (κ1) is 18.8. The molecule has 0 saturated carbocycles. The number of piperidine rings is 1. The highest BCUT2D eigenvalue weighted by molar-refractivity contribution is 8.22. The molecule has 1 fully saturated rings. The molecule has 0 radical (unpaired) electrons. The van der Waals surface area contributed by atoms with E-state index in [2.05, 4.69) is 38.2 Å². The maximum atomic E-state index is 5.87. The molecule has 0 atom stereocenters. The van der Waals surface area contributed by atoms with E-state index in [0.29, 0.717) is 17.5 Å². The molecular weight excluding hydrogens is 364 g/mol. The second-order valence-electron chi connectivity index (χ2n) is 6.48. The lowest BCUT2D eigenvalue weighted by molar-refractivity contribution is 0.352. The molecule has 6 nitrogen and oxygen atoms in total. The highest BCUT2D eigenvalue weighted by Crippen LogP contribution is 2.22. The van der Waals surface area contributed by atoms with Crippen molar-refractivity contribution < 1.29 is 0 Å². The van der Waals surface area contributed by atoms with Crippen molar-refractivity contribution in [2.24, 2.45) is 0 Å². The Morgan fingerprint density at radius 3 is 2.69 bits per heavy atom. The number of benzene rings is 1. The number of aromatic nitrogens is 3. The van der Waals surface area contributed by atoms with Crippen LogP contribution < -0.4 is 11.1 Å². The topological polar surface area (TPSA) is 80.0 Å². The van der Waals surface area contributed by atoms with Gasteiger partial charge in [-0.15, -0.1) is 0 Å². The van der Waals surface area contributed by atoms with Crippen molar-refractivity contribution in [2.75, 3.05) is 24.1 Å². The van der Waals surface area contributed by atoms with Gasteiger partial charge >= 0.3 is 0 Å². The van der Waals surface area contributed by atoms with E-state index in [0.717, 1.165) is 28.7 Å². The average molecular weight is 389 g/mol. The fourth-order valence-electron chi connectivity index (χ4n) is 2.93. The number of nitrogen functional groups attached to an aromatic ring is 1. The summed E-state index contributed by atoms with van der Waals surface area (Å²) in [5, 5.41) is 3.24. The van der Waals surface area contributed by atoms with Crippen LogP contribution in [0.4, 0.5) is 17.6 Å². The van der Waals surface area contributed by atoms with Crippen LogP contribution in [0.2, 0.25) is 0 Å². The third-order valence-corrected chi connectivity index (χ3v) is 5.79. The van der Waals surface area contributed by atoms with Gasteiger partial charge in [0.05, 0.1) is 5.75 Å². The second kappa shape index (κ2) is 8.64. The minimum absolute atomic E-state index is 0.215. The molecule has 1 aliphatic rings. The Morgan fingerprint density at radius 1 is 1.19 bits per heavy atom. The summed E-state index contributed by atoms with van der Waals surface area (Å²) in [5.74, 6) is 1.90. The molecule has 8 heteroatoms. The molecule has 0 unspecified atom stereocenters. The molecule has 1 aromatic heterocycles. The van der Waals surface area contributed by atoms with E-state index < -0.39 is 0 Å². The number of nitrogens with two attached hydrogens (primary N) is 1. The number of anilines is 3. The number of aryl methyl sites for hydroxylation is 2. The smallest absolute Gasteiger partial charge is 0.232 e. The van der Waals surface area contributed by atoms with Crippen molar-refractivity contribution in [2.45, 2.75) is 38.9 Å². The molecule has 138 valence electrons. The number of nitrogens with one attached hydrogen (secondary N) is 1.